The van der Waals surface area contributed by atoms with E-state index in [-0.39, 0.29) is 13.0 Å². The zero-order valence-corrected chi connectivity index (χ0v) is 16.2. The third kappa shape index (κ3) is 11.2. The van der Waals surface area contributed by atoms with Gasteiger partial charge in [-0.05, 0) is 37.5 Å². The molecule has 1 rings (SSSR count). The molecule has 0 aliphatic rings. The molecular formula is C21H36O4. The first kappa shape index (κ1) is 21.9. The van der Waals surface area contributed by atoms with Crippen LogP contribution in [0.3, 0.4) is 0 Å². The van der Waals surface area contributed by atoms with Gasteiger partial charge in [-0.15, -0.1) is 0 Å². The number of benzene rings is 1. The summed E-state index contributed by atoms with van der Waals surface area (Å²) in [6.45, 7) is 5.63. The average molecular weight is 353 g/mol. The second-order valence-electron chi connectivity index (χ2n) is 7.01. The van der Waals surface area contributed by atoms with E-state index in [4.69, 9.17) is 14.6 Å². The Kier molecular flexibility index (Phi) is 10.8. The summed E-state index contributed by atoms with van der Waals surface area (Å²) in [5.41, 5.74) is 1.30. The van der Waals surface area contributed by atoms with Gasteiger partial charge in [0, 0.05) is 13.3 Å². The number of rotatable bonds is 14. The molecule has 2 N–H and O–H groups in total. The minimum atomic E-state index is -1.31. The molecule has 0 saturated carbocycles. The van der Waals surface area contributed by atoms with E-state index in [1.807, 2.05) is 12.1 Å². The summed E-state index contributed by atoms with van der Waals surface area (Å²) in [7, 11) is 0. The fourth-order valence-electron chi connectivity index (χ4n) is 2.73. The molecule has 0 aliphatic heterocycles. The van der Waals surface area contributed by atoms with Crippen molar-refractivity contribution < 1.29 is 19.7 Å². The highest BCUT2D eigenvalue weighted by Crippen LogP contribution is 2.21. The normalized spacial score (nSPS) is 14.9. The van der Waals surface area contributed by atoms with Crippen LogP contribution < -0.4 is 4.74 Å². The molecule has 0 fully saturated rings. The lowest BCUT2D eigenvalue weighted by Crippen LogP contribution is -2.33. The standard InChI is InChI=1S/C21H36O4/c1-4-5-6-7-8-9-10-11-19-12-14-20(15-13-19)25-21(3,23)16-17-24-18(2)22/h12-15,18,22-23H,4-11,16-17H2,1-3H3. The number of aliphatic hydroxyl groups is 2. The van der Waals surface area contributed by atoms with Crippen LogP contribution in [0.2, 0.25) is 0 Å². The third-order valence-corrected chi connectivity index (χ3v) is 4.26. The third-order valence-electron chi connectivity index (χ3n) is 4.26. The maximum atomic E-state index is 10.2. The Bertz CT molecular complexity index is 440. The summed E-state index contributed by atoms with van der Waals surface area (Å²) in [5.74, 6) is -0.667. The first-order valence-corrected chi connectivity index (χ1v) is 9.73. The highest BCUT2D eigenvalue weighted by molar-refractivity contribution is 5.27. The topological polar surface area (TPSA) is 58.9 Å². The molecule has 0 bridgehead atoms. The van der Waals surface area contributed by atoms with E-state index in [9.17, 15) is 5.11 Å². The van der Waals surface area contributed by atoms with E-state index in [2.05, 4.69) is 19.1 Å². The number of aryl methyl sites for hydroxylation is 1. The maximum Gasteiger partial charge on any atom is 0.207 e. The molecule has 4 nitrogen and oxygen atoms in total. The molecular weight excluding hydrogens is 316 g/mol. The van der Waals surface area contributed by atoms with Gasteiger partial charge < -0.3 is 19.7 Å². The fraction of sp³-hybridized carbons (Fsp3) is 0.714. The van der Waals surface area contributed by atoms with E-state index in [1.54, 1.807) is 13.8 Å². The van der Waals surface area contributed by atoms with Gasteiger partial charge in [0.25, 0.3) is 0 Å². The maximum absolute atomic E-state index is 10.2. The lowest BCUT2D eigenvalue weighted by Gasteiger charge is -2.25. The molecule has 2 unspecified atom stereocenters. The van der Waals surface area contributed by atoms with Gasteiger partial charge in [0.1, 0.15) is 5.75 Å². The van der Waals surface area contributed by atoms with E-state index >= 15 is 0 Å². The zero-order chi connectivity index (χ0) is 18.5. The van der Waals surface area contributed by atoms with Crippen molar-refractivity contribution in [2.24, 2.45) is 0 Å². The molecule has 1 aromatic carbocycles. The van der Waals surface area contributed by atoms with Gasteiger partial charge in [0.05, 0.1) is 6.61 Å². The molecule has 0 amide bonds. The predicted octanol–water partition coefficient (Wildman–Crippen LogP) is 4.81. The first-order chi connectivity index (χ1) is 11.9. The van der Waals surface area contributed by atoms with Crippen LogP contribution in [-0.2, 0) is 11.2 Å². The molecule has 0 aromatic heterocycles. The predicted molar refractivity (Wildman–Crippen MR) is 102 cm³/mol. The molecule has 0 spiro atoms. The smallest absolute Gasteiger partial charge is 0.207 e. The van der Waals surface area contributed by atoms with Crippen LogP contribution >= 0.6 is 0 Å². The van der Waals surface area contributed by atoms with Gasteiger partial charge in [-0.25, -0.2) is 0 Å². The van der Waals surface area contributed by atoms with Crippen LogP contribution in [-0.4, -0.2) is 28.9 Å². The van der Waals surface area contributed by atoms with Crippen molar-refractivity contribution >= 4 is 0 Å². The summed E-state index contributed by atoms with van der Waals surface area (Å²) < 4.78 is 10.6. The molecule has 0 radical (unpaired) electrons. The quantitative estimate of drug-likeness (QED) is 0.372. The number of ether oxygens (including phenoxy) is 2. The fourth-order valence-corrected chi connectivity index (χ4v) is 2.73. The summed E-state index contributed by atoms with van der Waals surface area (Å²) in [6, 6.07) is 7.94. The molecule has 25 heavy (non-hydrogen) atoms. The Labute approximate surface area is 153 Å². The van der Waals surface area contributed by atoms with Gasteiger partial charge in [-0.1, -0.05) is 57.6 Å². The Morgan fingerprint density at radius 2 is 1.60 bits per heavy atom. The number of aliphatic hydroxyl groups excluding tert-OH is 1. The van der Waals surface area contributed by atoms with Crippen molar-refractivity contribution in [3.05, 3.63) is 29.8 Å². The van der Waals surface area contributed by atoms with Crippen LogP contribution in [0.25, 0.3) is 0 Å². The zero-order valence-electron chi connectivity index (χ0n) is 16.2. The van der Waals surface area contributed by atoms with E-state index in [0.717, 1.165) is 6.42 Å². The van der Waals surface area contributed by atoms with Crippen molar-refractivity contribution in [1.82, 2.24) is 0 Å². The highest BCUT2D eigenvalue weighted by atomic mass is 16.6. The van der Waals surface area contributed by atoms with Crippen molar-refractivity contribution in [1.29, 1.82) is 0 Å². The van der Waals surface area contributed by atoms with Crippen molar-refractivity contribution in [3.63, 3.8) is 0 Å². The Hall–Kier alpha value is -1.10. The lowest BCUT2D eigenvalue weighted by molar-refractivity contribution is -0.156. The second-order valence-corrected chi connectivity index (χ2v) is 7.01. The molecule has 4 heteroatoms. The summed E-state index contributed by atoms with van der Waals surface area (Å²) >= 11 is 0. The average Bonchev–Trinajstić information content (AvgIpc) is 2.54. The van der Waals surface area contributed by atoms with Gasteiger partial charge in [0.15, 0.2) is 6.29 Å². The number of unbranched alkanes of at least 4 members (excludes halogenated alkanes) is 6. The number of hydrogen-bond donors (Lipinski definition) is 2. The molecule has 1 aromatic rings. The summed E-state index contributed by atoms with van der Waals surface area (Å²) in [6.07, 6.45) is 9.77. The minimum Gasteiger partial charge on any atom is -0.463 e. The van der Waals surface area contributed by atoms with Gasteiger partial charge >= 0.3 is 0 Å². The van der Waals surface area contributed by atoms with Crippen LogP contribution in [0.15, 0.2) is 24.3 Å². The molecule has 144 valence electrons. The monoisotopic (exact) mass is 352 g/mol. The van der Waals surface area contributed by atoms with Crippen LogP contribution in [0, 0.1) is 0 Å². The van der Waals surface area contributed by atoms with E-state index in [0.29, 0.717) is 5.75 Å². The SMILES string of the molecule is CCCCCCCCCc1ccc(OC(C)(O)CCOC(C)O)cc1. The van der Waals surface area contributed by atoms with Crippen LogP contribution in [0.5, 0.6) is 5.75 Å². The Morgan fingerprint density at radius 3 is 2.20 bits per heavy atom. The molecule has 0 aliphatic carbocycles. The minimum absolute atomic E-state index is 0.237. The van der Waals surface area contributed by atoms with Crippen LogP contribution in [0.4, 0.5) is 0 Å². The van der Waals surface area contributed by atoms with Gasteiger partial charge in [-0.3, -0.25) is 0 Å². The van der Waals surface area contributed by atoms with Crippen molar-refractivity contribution in [3.8, 4) is 5.75 Å². The molecule has 0 saturated heterocycles. The molecule has 2 atom stereocenters. The van der Waals surface area contributed by atoms with Crippen molar-refractivity contribution in [2.45, 2.75) is 90.6 Å². The van der Waals surface area contributed by atoms with Crippen LogP contribution in [0.1, 0.15) is 77.7 Å². The van der Waals surface area contributed by atoms with Crippen molar-refractivity contribution in [2.75, 3.05) is 6.61 Å². The second kappa shape index (κ2) is 12.3. The number of hydrogen-bond acceptors (Lipinski definition) is 4. The summed E-state index contributed by atoms with van der Waals surface area (Å²) in [5, 5.41) is 19.3. The Balaban J connectivity index is 2.26. The largest absolute Gasteiger partial charge is 0.463 e. The summed E-state index contributed by atoms with van der Waals surface area (Å²) in [4.78, 5) is 0. The molecule has 0 heterocycles. The van der Waals surface area contributed by atoms with E-state index < -0.39 is 12.1 Å². The Morgan fingerprint density at radius 1 is 1.00 bits per heavy atom. The first-order valence-electron chi connectivity index (χ1n) is 9.73. The highest BCUT2D eigenvalue weighted by Gasteiger charge is 2.22. The lowest BCUT2D eigenvalue weighted by atomic mass is 10.0. The van der Waals surface area contributed by atoms with Gasteiger partial charge in [0.2, 0.25) is 5.79 Å². The van der Waals surface area contributed by atoms with E-state index in [1.165, 1.54) is 50.5 Å². The van der Waals surface area contributed by atoms with Gasteiger partial charge in [-0.2, -0.15) is 0 Å².